The molecule has 1 aromatic rings. The van der Waals surface area contributed by atoms with Crippen LogP contribution in [0.25, 0.3) is 0 Å². The number of hydrogen-bond donors (Lipinski definition) is 2. The Kier molecular flexibility index (Phi) is 7.49. The molecule has 0 spiro atoms. The molecule has 1 amide bonds. The highest BCUT2D eigenvalue weighted by atomic mass is 35.5. The molecular weight excluding hydrogens is 297 g/mol. The van der Waals surface area contributed by atoms with Gasteiger partial charge in [-0.15, -0.1) is 24.8 Å². The van der Waals surface area contributed by atoms with Crippen molar-refractivity contribution in [2.24, 2.45) is 5.73 Å². The number of pyridine rings is 1. The minimum atomic E-state index is -0.200. The standard InChI is InChI=1S/C14H21N3O.2ClH/c1-10-5-6-12(11(2)16-10)13(18)17-14(9-15)7-3-4-8-14;;/h5-6H,3-4,7-9,15H2,1-2H3,(H,17,18);2*1H. The molecule has 1 aromatic heterocycles. The van der Waals surface area contributed by atoms with Crippen molar-refractivity contribution in [3.05, 3.63) is 29.1 Å². The van der Waals surface area contributed by atoms with E-state index in [0.29, 0.717) is 12.1 Å². The molecular formula is C14H23Cl2N3O. The van der Waals surface area contributed by atoms with Crippen molar-refractivity contribution in [2.45, 2.75) is 45.1 Å². The van der Waals surface area contributed by atoms with Crippen molar-refractivity contribution in [1.29, 1.82) is 0 Å². The van der Waals surface area contributed by atoms with Crippen LogP contribution in [0.15, 0.2) is 12.1 Å². The number of nitrogens with zero attached hydrogens (tertiary/aromatic N) is 1. The molecule has 0 aromatic carbocycles. The van der Waals surface area contributed by atoms with Crippen LogP contribution in [0.4, 0.5) is 0 Å². The van der Waals surface area contributed by atoms with E-state index in [9.17, 15) is 4.79 Å². The third-order valence-corrected chi connectivity index (χ3v) is 3.80. The van der Waals surface area contributed by atoms with Crippen LogP contribution in [-0.4, -0.2) is 23.0 Å². The lowest BCUT2D eigenvalue weighted by Gasteiger charge is -2.28. The second-order valence-corrected chi connectivity index (χ2v) is 5.23. The molecule has 1 aliphatic rings. The van der Waals surface area contributed by atoms with Gasteiger partial charge in [-0.25, -0.2) is 0 Å². The molecule has 1 heterocycles. The number of carbonyl (C=O) groups excluding carboxylic acids is 1. The SMILES string of the molecule is Cc1ccc(C(=O)NC2(CN)CCCC2)c(C)n1.Cl.Cl. The summed E-state index contributed by atoms with van der Waals surface area (Å²) >= 11 is 0. The van der Waals surface area contributed by atoms with Crippen molar-refractivity contribution >= 4 is 30.7 Å². The highest BCUT2D eigenvalue weighted by Crippen LogP contribution is 2.29. The first-order chi connectivity index (χ1) is 8.56. The molecule has 0 saturated heterocycles. The van der Waals surface area contributed by atoms with Gasteiger partial charge in [0.05, 0.1) is 16.8 Å². The van der Waals surface area contributed by atoms with Gasteiger partial charge in [-0.3, -0.25) is 9.78 Å². The minimum absolute atomic E-state index is 0. The molecule has 0 aliphatic heterocycles. The van der Waals surface area contributed by atoms with E-state index in [1.165, 1.54) is 0 Å². The van der Waals surface area contributed by atoms with Gasteiger partial charge in [0.1, 0.15) is 0 Å². The monoisotopic (exact) mass is 319 g/mol. The first-order valence-electron chi connectivity index (χ1n) is 6.53. The summed E-state index contributed by atoms with van der Waals surface area (Å²) in [6.07, 6.45) is 4.24. The van der Waals surface area contributed by atoms with E-state index in [0.717, 1.165) is 37.1 Å². The average Bonchev–Trinajstić information content (AvgIpc) is 2.78. The highest BCUT2D eigenvalue weighted by Gasteiger charge is 2.34. The van der Waals surface area contributed by atoms with Crippen LogP contribution in [0.1, 0.15) is 47.4 Å². The van der Waals surface area contributed by atoms with E-state index in [1.807, 2.05) is 26.0 Å². The van der Waals surface area contributed by atoms with Gasteiger partial charge in [0.2, 0.25) is 0 Å². The van der Waals surface area contributed by atoms with Crippen molar-refractivity contribution in [1.82, 2.24) is 10.3 Å². The van der Waals surface area contributed by atoms with Crippen LogP contribution in [-0.2, 0) is 0 Å². The molecule has 1 saturated carbocycles. The normalized spacial score (nSPS) is 15.9. The van der Waals surface area contributed by atoms with E-state index in [4.69, 9.17) is 5.73 Å². The zero-order chi connectivity index (χ0) is 13.2. The molecule has 6 heteroatoms. The predicted molar refractivity (Wildman–Crippen MR) is 85.9 cm³/mol. The number of amides is 1. The van der Waals surface area contributed by atoms with E-state index in [1.54, 1.807) is 0 Å². The zero-order valence-corrected chi connectivity index (χ0v) is 13.6. The van der Waals surface area contributed by atoms with Crippen LogP contribution in [0.2, 0.25) is 0 Å². The Labute approximate surface area is 132 Å². The molecule has 0 atom stereocenters. The Balaban J connectivity index is 0.00000180. The molecule has 1 aliphatic carbocycles. The number of halogens is 2. The molecule has 0 radical (unpaired) electrons. The lowest BCUT2D eigenvalue weighted by molar-refractivity contribution is 0.0902. The Hall–Kier alpha value is -0.840. The fraction of sp³-hybridized carbons (Fsp3) is 0.571. The fourth-order valence-electron chi connectivity index (χ4n) is 2.67. The third kappa shape index (κ3) is 4.08. The van der Waals surface area contributed by atoms with Crippen molar-refractivity contribution in [3.8, 4) is 0 Å². The largest absolute Gasteiger partial charge is 0.345 e. The maximum absolute atomic E-state index is 12.3. The first-order valence-corrected chi connectivity index (χ1v) is 6.53. The van der Waals surface area contributed by atoms with E-state index in [2.05, 4.69) is 10.3 Å². The second kappa shape index (κ2) is 7.81. The second-order valence-electron chi connectivity index (χ2n) is 5.23. The third-order valence-electron chi connectivity index (χ3n) is 3.80. The summed E-state index contributed by atoms with van der Waals surface area (Å²) in [5.41, 5.74) is 7.98. The number of hydrogen-bond acceptors (Lipinski definition) is 3. The summed E-state index contributed by atoms with van der Waals surface area (Å²) in [4.78, 5) is 16.6. The number of nitrogens with one attached hydrogen (secondary N) is 1. The molecule has 20 heavy (non-hydrogen) atoms. The summed E-state index contributed by atoms with van der Waals surface area (Å²) in [5, 5.41) is 3.11. The molecule has 1 fully saturated rings. The zero-order valence-electron chi connectivity index (χ0n) is 11.9. The first kappa shape index (κ1) is 19.2. The van der Waals surface area contributed by atoms with Crippen LogP contribution in [0.5, 0.6) is 0 Å². The van der Waals surface area contributed by atoms with E-state index >= 15 is 0 Å². The minimum Gasteiger partial charge on any atom is -0.345 e. The summed E-state index contributed by atoms with van der Waals surface area (Å²) < 4.78 is 0. The smallest absolute Gasteiger partial charge is 0.253 e. The molecule has 2 rings (SSSR count). The molecule has 0 unspecified atom stereocenters. The summed E-state index contributed by atoms with van der Waals surface area (Å²) in [6.45, 7) is 4.30. The summed E-state index contributed by atoms with van der Waals surface area (Å²) in [6, 6.07) is 3.71. The van der Waals surface area contributed by atoms with Gasteiger partial charge in [-0.2, -0.15) is 0 Å². The Morgan fingerprint density at radius 1 is 1.30 bits per heavy atom. The molecule has 0 bridgehead atoms. The van der Waals surface area contributed by atoms with Crippen LogP contribution in [0, 0.1) is 13.8 Å². The maximum atomic E-state index is 12.3. The van der Waals surface area contributed by atoms with Gasteiger partial charge in [-0.1, -0.05) is 12.8 Å². The summed E-state index contributed by atoms with van der Waals surface area (Å²) in [5.74, 6) is -0.0487. The highest BCUT2D eigenvalue weighted by molar-refractivity contribution is 5.95. The van der Waals surface area contributed by atoms with Gasteiger partial charge in [0.15, 0.2) is 0 Å². The quantitative estimate of drug-likeness (QED) is 0.899. The Bertz CT molecular complexity index is 460. The number of aryl methyl sites for hydroxylation is 2. The summed E-state index contributed by atoms with van der Waals surface area (Å²) in [7, 11) is 0. The average molecular weight is 320 g/mol. The lowest BCUT2D eigenvalue weighted by Crippen LogP contribution is -2.51. The van der Waals surface area contributed by atoms with Crippen LogP contribution < -0.4 is 11.1 Å². The van der Waals surface area contributed by atoms with Crippen molar-refractivity contribution in [2.75, 3.05) is 6.54 Å². The molecule has 4 nitrogen and oxygen atoms in total. The van der Waals surface area contributed by atoms with Gasteiger partial charge >= 0.3 is 0 Å². The van der Waals surface area contributed by atoms with Gasteiger partial charge < -0.3 is 11.1 Å². The van der Waals surface area contributed by atoms with Crippen LogP contribution in [0.3, 0.4) is 0 Å². The number of aromatic nitrogens is 1. The maximum Gasteiger partial charge on any atom is 0.253 e. The van der Waals surface area contributed by atoms with E-state index < -0.39 is 0 Å². The van der Waals surface area contributed by atoms with Gasteiger partial charge in [-0.05, 0) is 38.8 Å². The fourth-order valence-corrected chi connectivity index (χ4v) is 2.67. The lowest BCUT2D eigenvalue weighted by atomic mass is 9.97. The predicted octanol–water partition coefficient (Wildman–Crippen LogP) is 2.54. The molecule has 3 N–H and O–H groups in total. The Morgan fingerprint density at radius 3 is 2.40 bits per heavy atom. The van der Waals surface area contributed by atoms with Gasteiger partial charge in [0.25, 0.3) is 5.91 Å². The topological polar surface area (TPSA) is 68.0 Å². The number of rotatable bonds is 3. The number of nitrogens with two attached hydrogens (primary N) is 1. The van der Waals surface area contributed by atoms with Crippen molar-refractivity contribution in [3.63, 3.8) is 0 Å². The van der Waals surface area contributed by atoms with Gasteiger partial charge in [0, 0.05) is 12.2 Å². The van der Waals surface area contributed by atoms with E-state index in [-0.39, 0.29) is 36.3 Å². The van der Waals surface area contributed by atoms with Crippen molar-refractivity contribution < 1.29 is 4.79 Å². The Morgan fingerprint density at radius 2 is 1.90 bits per heavy atom. The van der Waals surface area contributed by atoms with Crippen LogP contribution >= 0.6 is 24.8 Å². The molecule has 114 valence electrons. The number of carbonyl (C=O) groups is 1.